The Morgan fingerprint density at radius 3 is 2.40 bits per heavy atom. The number of nitrogens with one attached hydrogen (secondary N) is 1. The summed E-state index contributed by atoms with van der Waals surface area (Å²) in [4.78, 5) is 10.9. The van der Waals surface area contributed by atoms with Crippen LogP contribution in [0.1, 0.15) is 27.2 Å². The Morgan fingerprint density at radius 2 is 2.10 bits per heavy atom. The molecule has 0 rings (SSSR count). The Hall–Kier alpha value is -0.570. The van der Waals surface area contributed by atoms with Gasteiger partial charge in [0.05, 0.1) is 6.61 Å². The molecule has 0 heterocycles. The summed E-state index contributed by atoms with van der Waals surface area (Å²) in [5.41, 5.74) is 6.35. The van der Waals surface area contributed by atoms with E-state index in [4.69, 9.17) is 5.73 Å². The van der Waals surface area contributed by atoms with Gasteiger partial charge >= 0.3 is 5.97 Å². The summed E-state index contributed by atoms with van der Waals surface area (Å²) >= 11 is 0. The molecule has 1 N–H and O–H groups in total. The summed E-state index contributed by atoms with van der Waals surface area (Å²) in [6.07, 6.45) is 0.492. The SMILES string of the molecule is CCOC(=O)C(C)([NH])CC. The Kier molecular flexibility index (Phi) is 3.36. The minimum Gasteiger partial charge on any atom is -0.465 e. The van der Waals surface area contributed by atoms with Crippen molar-refractivity contribution in [2.24, 2.45) is 0 Å². The lowest BCUT2D eigenvalue weighted by molar-refractivity contribution is -0.149. The highest BCUT2D eigenvalue weighted by Crippen LogP contribution is 2.08. The lowest BCUT2D eigenvalue weighted by Gasteiger charge is -2.18. The van der Waals surface area contributed by atoms with Crippen molar-refractivity contribution >= 4 is 5.97 Å². The van der Waals surface area contributed by atoms with Crippen LogP contribution in [0, 0.1) is 0 Å². The van der Waals surface area contributed by atoms with Gasteiger partial charge in [0, 0.05) is 0 Å². The van der Waals surface area contributed by atoms with E-state index in [0.717, 1.165) is 0 Å². The summed E-state index contributed by atoms with van der Waals surface area (Å²) < 4.78 is 4.67. The van der Waals surface area contributed by atoms with Gasteiger partial charge in [0.2, 0.25) is 0 Å². The quantitative estimate of drug-likeness (QED) is 0.555. The van der Waals surface area contributed by atoms with Crippen LogP contribution < -0.4 is 5.73 Å². The Bertz CT molecular complexity index is 121. The molecular formula is C7H14NO2. The van der Waals surface area contributed by atoms with E-state index in [1.165, 1.54) is 0 Å². The standard InChI is InChI=1S/C7H14NO2/c1-4-7(3,8)6(9)10-5-2/h8H,4-5H2,1-3H3. The maximum Gasteiger partial charge on any atom is 0.327 e. The predicted molar refractivity (Wildman–Crippen MR) is 38.4 cm³/mol. The van der Waals surface area contributed by atoms with Gasteiger partial charge in [-0.1, -0.05) is 6.92 Å². The van der Waals surface area contributed by atoms with Crippen LogP contribution in [0.4, 0.5) is 0 Å². The molecule has 10 heavy (non-hydrogen) atoms. The van der Waals surface area contributed by atoms with E-state index in [1.807, 2.05) is 0 Å². The third kappa shape index (κ3) is 2.35. The lowest BCUT2D eigenvalue weighted by atomic mass is 10.0. The zero-order valence-electron chi connectivity index (χ0n) is 6.73. The molecule has 0 aromatic carbocycles. The summed E-state index contributed by atoms with van der Waals surface area (Å²) in [5, 5.41) is 0. The van der Waals surface area contributed by atoms with Crippen LogP contribution in [0.5, 0.6) is 0 Å². The second-order valence-corrected chi connectivity index (χ2v) is 2.41. The molecule has 0 amide bonds. The first-order valence-corrected chi connectivity index (χ1v) is 3.46. The number of carbonyl (C=O) groups is 1. The molecule has 0 bridgehead atoms. The molecule has 0 spiro atoms. The van der Waals surface area contributed by atoms with Gasteiger partial charge in [-0.05, 0) is 20.3 Å². The van der Waals surface area contributed by atoms with Crippen molar-refractivity contribution in [2.75, 3.05) is 6.61 Å². The summed E-state index contributed by atoms with van der Waals surface area (Å²) in [7, 11) is 0. The van der Waals surface area contributed by atoms with Crippen LogP contribution in [0.2, 0.25) is 0 Å². The van der Waals surface area contributed by atoms with Gasteiger partial charge in [-0.15, -0.1) is 0 Å². The largest absolute Gasteiger partial charge is 0.465 e. The molecule has 1 atom stereocenters. The molecule has 0 aromatic rings. The van der Waals surface area contributed by atoms with Crippen LogP contribution in [0.25, 0.3) is 0 Å². The molecule has 0 aromatic heterocycles. The third-order valence-electron chi connectivity index (χ3n) is 1.43. The van der Waals surface area contributed by atoms with Crippen LogP contribution >= 0.6 is 0 Å². The molecule has 1 radical (unpaired) electrons. The minimum atomic E-state index is -1.06. The van der Waals surface area contributed by atoms with Crippen molar-refractivity contribution in [3.63, 3.8) is 0 Å². The van der Waals surface area contributed by atoms with Crippen molar-refractivity contribution in [2.45, 2.75) is 32.7 Å². The lowest BCUT2D eigenvalue weighted by Crippen LogP contribution is -2.37. The highest BCUT2D eigenvalue weighted by molar-refractivity contribution is 5.79. The van der Waals surface area contributed by atoms with E-state index in [-0.39, 0.29) is 0 Å². The number of esters is 1. The Labute approximate surface area is 61.5 Å². The number of rotatable bonds is 3. The van der Waals surface area contributed by atoms with Crippen LogP contribution in [-0.2, 0) is 9.53 Å². The van der Waals surface area contributed by atoms with Crippen LogP contribution in [0.15, 0.2) is 0 Å². The van der Waals surface area contributed by atoms with Crippen molar-refractivity contribution in [3.8, 4) is 0 Å². The summed E-state index contributed by atoms with van der Waals surface area (Å²) in [6.45, 7) is 5.45. The molecule has 0 saturated heterocycles. The number of hydrogen-bond donors (Lipinski definition) is 0. The molecule has 0 aliphatic carbocycles. The van der Waals surface area contributed by atoms with Crippen molar-refractivity contribution in [1.29, 1.82) is 0 Å². The van der Waals surface area contributed by atoms with Gasteiger partial charge in [0.25, 0.3) is 0 Å². The topological polar surface area (TPSA) is 50.1 Å². The molecular weight excluding hydrogens is 130 g/mol. The van der Waals surface area contributed by atoms with E-state index in [0.29, 0.717) is 13.0 Å². The number of hydrogen-bond acceptors (Lipinski definition) is 2. The second kappa shape index (κ2) is 3.56. The monoisotopic (exact) mass is 144 g/mol. The minimum absolute atomic E-state index is 0.354. The summed E-state index contributed by atoms with van der Waals surface area (Å²) in [5.74, 6) is -0.433. The molecule has 0 aliphatic heterocycles. The van der Waals surface area contributed by atoms with Gasteiger partial charge in [0.15, 0.2) is 0 Å². The molecule has 1 unspecified atom stereocenters. The summed E-state index contributed by atoms with van der Waals surface area (Å²) in [6, 6.07) is 0. The van der Waals surface area contributed by atoms with Gasteiger partial charge < -0.3 is 4.74 Å². The van der Waals surface area contributed by atoms with Crippen molar-refractivity contribution in [1.82, 2.24) is 5.73 Å². The number of ether oxygens (including phenoxy) is 1. The smallest absolute Gasteiger partial charge is 0.327 e. The second-order valence-electron chi connectivity index (χ2n) is 2.41. The average Bonchev–Trinajstić information content (AvgIpc) is 1.89. The Balaban J connectivity index is 3.91. The zero-order chi connectivity index (χ0) is 8.20. The molecule has 59 valence electrons. The molecule has 3 heteroatoms. The van der Waals surface area contributed by atoms with Crippen molar-refractivity contribution in [3.05, 3.63) is 0 Å². The normalized spacial score (nSPS) is 16.0. The highest BCUT2D eigenvalue weighted by Gasteiger charge is 2.28. The molecule has 0 saturated carbocycles. The molecule has 0 aliphatic rings. The fourth-order valence-electron chi connectivity index (χ4n) is 0.435. The average molecular weight is 144 g/mol. The van der Waals surface area contributed by atoms with Gasteiger partial charge in [-0.3, -0.25) is 4.79 Å². The first kappa shape index (κ1) is 9.43. The first-order valence-electron chi connectivity index (χ1n) is 3.46. The van der Waals surface area contributed by atoms with E-state index in [2.05, 4.69) is 4.74 Å². The predicted octanol–water partition coefficient (Wildman–Crippen LogP) is 1.00. The van der Waals surface area contributed by atoms with Crippen LogP contribution in [-0.4, -0.2) is 18.1 Å². The van der Waals surface area contributed by atoms with Gasteiger partial charge in [-0.25, -0.2) is 5.73 Å². The van der Waals surface area contributed by atoms with Gasteiger partial charge in [0.1, 0.15) is 5.54 Å². The van der Waals surface area contributed by atoms with Crippen LogP contribution in [0.3, 0.4) is 0 Å². The molecule has 0 fully saturated rings. The maximum absolute atomic E-state index is 10.9. The zero-order valence-corrected chi connectivity index (χ0v) is 6.73. The van der Waals surface area contributed by atoms with E-state index in [1.54, 1.807) is 20.8 Å². The fourth-order valence-corrected chi connectivity index (χ4v) is 0.435. The maximum atomic E-state index is 10.9. The van der Waals surface area contributed by atoms with E-state index < -0.39 is 11.5 Å². The van der Waals surface area contributed by atoms with Crippen molar-refractivity contribution < 1.29 is 9.53 Å². The number of carbonyl (C=O) groups excluding carboxylic acids is 1. The molecule has 3 nitrogen and oxygen atoms in total. The fraction of sp³-hybridized carbons (Fsp3) is 0.857. The third-order valence-corrected chi connectivity index (χ3v) is 1.43. The van der Waals surface area contributed by atoms with E-state index in [9.17, 15) is 4.79 Å². The van der Waals surface area contributed by atoms with E-state index >= 15 is 0 Å². The highest BCUT2D eigenvalue weighted by atomic mass is 16.5. The van der Waals surface area contributed by atoms with Gasteiger partial charge in [-0.2, -0.15) is 0 Å². The Morgan fingerprint density at radius 1 is 1.60 bits per heavy atom. The first-order chi connectivity index (χ1) is 4.54.